The van der Waals surface area contributed by atoms with E-state index in [1.54, 1.807) is 13.3 Å². The molecule has 0 unspecified atom stereocenters. The average molecular weight is 158 g/mol. The lowest BCUT2D eigenvalue weighted by molar-refractivity contribution is -0.106. The Morgan fingerprint density at radius 3 is 1.67 bits per heavy atom. The van der Waals surface area contributed by atoms with Gasteiger partial charge in [-0.2, -0.15) is 13.2 Å². The molecule has 0 aromatic carbocycles. The van der Waals surface area contributed by atoms with Crippen molar-refractivity contribution in [3.63, 3.8) is 0 Å². The maximum Gasteiger partial charge on any atom is 0.392 e. The maximum absolute atomic E-state index is 11.5. The fourth-order valence-electron chi connectivity index (χ4n) is 0.485. The molecule has 0 N–H and O–H groups in total. The molecule has 0 atom stereocenters. The normalized spacial score (nSPS) is 13.9. The average Bonchev–Trinajstić information content (AvgIpc) is 1.14. The molecule has 0 aromatic rings. The van der Waals surface area contributed by atoms with Crippen LogP contribution in [0.4, 0.5) is 13.2 Å². The molecule has 4 heteroatoms. The van der Waals surface area contributed by atoms with E-state index in [1.807, 2.05) is 0 Å². The molecular weight excluding hydrogens is 148 g/mol. The van der Waals surface area contributed by atoms with E-state index in [4.69, 9.17) is 0 Å². The molecule has 0 saturated carbocycles. The summed E-state index contributed by atoms with van der Waals surface area (Å²) in [6.07, 6.45) is -1.29. The fourth-order valence-corrected chi connectivity index (χ4v) is 1.46. The Kier molecular flexibility index (Phi) is 2.40. The first-order valence-electron chi connectivity index (χ1n) is 2.45. The van der Waals surface area contributed by atoms with E-state index >= 15 is 0 Å². The van der Waals surface area contributed by atoms with Gasteiger partial charge in [-0.3, -0.25) is 0 Å². The third-order valence-electron chi connectivity index (χ3n) is 0.607. The van der Waals surface area contributed by atoms with Crippen molar-refractivity contribution in [2.45, 2.75) is 6.18 Å². The zero-order chi connectivity index (χ0) is 7.71. The van der Waals surface area contributed by atoms with Crippen molar-refractivity contribution < 1.29 is 13.2 Å². The summed E-state index contributed by atoms with van der Waals surface area (Å²) < 4.78 is 34.6. The van der Waals surface area contributed by atoms with Crippen molar-refractivity contribution in [1.82, 2.24) is 0 Å². The lowest BCUT2D eigenvalue weighted by Crippen LogP contribution is -2.13. The smallest absolute Gasteiger partial charge is 0.171 e. The van der Waals surface area contributed by atoms with Gasteiger partial charge in [-0.05, 0) is 13.3 Å². The quantitative estimate of drug-likeness (QED) is 0.513. The number of hydrogen-bond donors (Lipinski definition) is 0. The molecule has 0 amide bonds. The minimum Gasteiger partial charge on any atom is -0.171 e. The van der Waals surface area contributed by atoms with Gasteiger partial charge in [-0.1, -0.05) is 0 Å². The molecule has 0 spiro atoms. The van der Waals surface area contributed by atoms with Crippen molar-refractivity contribution in [2.24, 2.45) is 0 Å². The van der Waals surface area contributed by atoms with Crippen molar-refractivity contribution in [3.05, 3.63) is 0 Å². The predicted octanol–water partition coefficient (Wildman–Crippen LogP) is 2.26. The minimum atomic E-state index is -4.03. The first kappa shape index (κ1) is 9.09. The minimum absolute atomic E-state index is 0.708. The van der Waals surface area contributed by atoms with Crippen molar-refractivity contribution >= 4 is 13.2 Å². The second-order valence-corrected chi connectivity index (χ2v) is 6.90. The highest BCUT2D eigenvalue weighted by molar-refractivity contribution is 7.72. The Morgan fingerprint density at radius 1 is 1.33 bits per heavy atom. The van der Waals surface area contributed by atoms with E-state index < -0.39 is 19.2 Å². The van der Waals surface area contributed by atoms with Crippen LogP contribution in [0.25, 0.3) is 0 Å². The molecule has 0 heterocycles. The fraction of sp³-hybridized carbons (Fsp3) is 0.800. The molecule has 0 bridgehead atoms. The maximum atomic E-state index is 11.5. The van der Waals surface area contributed by atoms with E-state index in [0.717, 1.165) is 0 Å². The van der Waals surface area contributed by atoms with E-state index in [9.17, 15) is 13.2 Å². The number of hydrogen-bond acceptors (Lipinski definition) is 0. The first-order valence-corrected chi connectivity index (χ1v) is 5.50. The summed E-state index contributed by atoms with van der Waals surface area (Å²) in [4.78, 5) is 0. The molecule has 0 aliphatic rings. The largest absolute Gasteiger partial charge is 0.392 e. The van der Waals surface area contributed by atoms with E-state index in [1.165, 1.54) is 0 Å². The van der Waals surface area contributed by atoms with Crippen LogP contribution in [0, 0.1) is 0 Å². The summed E-state index contributed by atoms with van der Waals surface area (Å²) in [5, 5.41) is 0. The molecule has 9 heavy (non-hydrogen) atoms. The van der Waals surface area contributed by atoms with Gasteiger partial charge in [0.15, 0.2) is 0 Å². The topological polar surface area (TPSA) is 0 Å². The second-order valence-electron chi connectivity index (χ2n) is 2.71. The molecular formula is C5H10F3P. The molecule has 0 saturated heterocycles. The van der Waals surface area contributed by atoms with Crippen LogP contribution in [0.2, 0.25) is 0 Å². The van der Waals surface area contributed by atoms with Crippen molar-refractivity contribution in [3.8, 4) is 0 Å². The van der Waals surface area contributed by atoms with Gasteiger partial charge in [0.1, 0.15) is 0 Å². The standard InChI is InChI=1S/C5H10F3P/c1-9(2,3)4-5(6,7)8/h1,4H2,2-3H3. The van der Waals surface area contributed by atoms with Crippen LogP contribution in [0.5, 0.6) is 0 Å². The van der Waals surface area contributed by atoms with Crippen LogP contribution in [-0.2, 0) is 0 Å². The zero-order valence-corrected chi connectivity index (χ0v) is 6.39. The van der Waals surface area contributed by atoms with Crippen molar-refractivity contribution in [1.29, 1.82) is 0 Å². The Bertz CT molecular complexity index is 130. The van der Waals surface area contributed by atoms with E-state index in [0.29, 0.717) is 0 Å². The Hall–Kier alpha value is 0.0900. The molecule has 0 aliphatic heterocycles. The van der Waals surface area contributed by atoms with Gasteiger partial charge in [0.2, 0.25) is 0 Å². The molecule has 0 nitrogen and oxygen atoms in total. The second kappa shape index (κ2) is 2.37. The Balaban J connectivity index is 3.90. The van der Waals surface area contributed by atoms with Gasteiger partial charge < -0.3 is 0 Å². The zero-order valence-electron chi connectivity index (χ0n) is 5.50. The summed E-state index contributed by atoms with van der Waals surface area (Å²) in [6, 6.07) is 0. The van der Waals surface area contributed by atoms with Gasteiger partial charge in [-0.25, -0.2) is 0 Å². The molecule has 0 aliphatic carbocycles. The van der Waals surface area contributed by atoms with Crippen LogP contribution in [0.1, 0.15) is 0 Å². The monoisotopic (exact) mass is 158 g/mol. The molecule has 0 fully saturated rings. The summed E-state index contributed by atoms with van der Waals surface area (Å²) in [6.45, 7) is 1.23. The highest BCUT2D eigenvalue weighted by Gasteiger charge is 2.29. The van der Waals surface area contributed by atoms with Crippen LogP contribution in [0.15, 0.2) is 0 Å². The van der Waals surface area contributed by atoms with Crippen LogP contribution >= 0.6 is 6.89 Å². The molecule has 0 aromatic heterocycles. The highest BCUT2D eigenvalue weighted by atomic mass is 31.2. The third kappa shape index (κ3) is 8.09. The third-order valence-corrected chi connectivity index (χ3v) is 1.82. The summed E-state index contributed by atoms with van der Waals surface area (Å²) in [5.74, 6) is 0. The van der Waals surface area contributed by atoms with Gasteiger partial charge in [0.25, 0.3) is 0 Å². The van der Waals surface area contributed by atoms with Crippen LogP contribution in [-0.4, -0.2) is 32.0 Å². The van der Waals surface area contributed by atoms with E-state index in [-0.39, 0.29) is 0 Å². The Labute approximate surface area is 53.0 Å². The van der Waals surface area contributed by atoms with Crippen LogP contribution < -0.4 is 0 Å². The summed E-state index contributed by atoms with van der Waals surface area (Å²) >= 11 is 0. The summed E-state index contributed by atoms with van der Waals surface area (Å²) in [7, 11) is 0. The van der Waals surface area contributed by atoms with Gasteiger partial charge in [0.05, 0.1) is 6.16 Å². The number of rotatable bonds is 1. The van der Waals surface area contributed by atoms with Gasteiger partial charge >= 0.3 is 6.18 Å². The lowest BCUT2D eigenvalue weighted by atomic mass is 10.8. The van der Waals surface area contributed by atoms with Crippen LogP contribution in [0.3, 0.4) is 0 Å². The SMILES string of the molecule is C=P(C)(C)CC(F)(F)F. The Morgan fingerprint density at radius 2 is 1.67 bits per heavy atom. The predicted molar refractivity (Wildman–Crippen MR) is 36.8 cm³/mol. The van der Waals surface area contributed by atoms with E-state index in [2.05, 4.69) is 6.30 Å². The number of alkyl halides is 3. The van der Waals surface area contributed by atoms with Gasteiger partial charge in [-0.15, -0.1) is 13.2 Å². The van der Waals surface area contributed by atoms with Crippen molar-refractivity contribution in [2.75, 3.05) is 19.5 Å². The molecule has 56 valence electrons. The lowest BCUT2D eigenvalue weighted by Gasteiger charge is -2.14. The highest BCUT2D eigenvalue weighted by Crippen LogP contribution is 2.41. The first-order chi connectivity index (χ1) is 3.71. The molecule has 0 radical (unpaired) electrons. The van der Waals surface area contributed by atoms with Gasteiger partial charge in [0, 0.05) is 0 Å². The molecule has 0 rings (SSSR count). The summed E-state index contributed by atoms with van der Waals surface area (Å²) in [5.41, 5.74) is 0. The number of halogens is 3.